The van der Waals surface area contributed by atoms with Gasteiger partial charge in [0.2, 0.25) is 0 Å². The number of methoxy groups -OCH3 is 1. The average molecular weight is 675 g/mol. The zero-order valence-corrected chi connectivity index (χ0v) is 27.8. The van der Waals surface area contributed by atoms with E-state index in [0.29, 0.717) is 19.1 Å². The van der Waals surface area contributed by atoms with Gasteiger partial charge >= 0.3 is 18.1 Å². The Labute approximate surface area is 280 Å². The maximum Gasteiger partial charge on any atom is 0.425 e. The average Bonchev–Trinajstić information content (AvgIpc) is 3.07. The van der Waals surface area contributed by atoms with Gasteiger partial charge in [0.25, 0.3) is 0 Å². The zero-order chi connectivity index (χ0) is 34.8. The first-order chi connectivity index (χ1) is 23.1. The third-order valence-electron chi connectivity index (χ3n) is 7.87. The van der Waals surface area contributed by atoms with Crippen LogP contribution in [-0.4, -0.2) is 44.5 Å². The number of carbonyl (C=O) groups is 2. The number of alkyl halides is 3. The molecule has 48 heavy (non-hydrogen) atoms. The highest BCUT2D eigenvalue weighted by molar-refractivity contribution is 5.92. The molecule has 0 bridgehead atoms. The first-order valence-corrected chi connectivity index (χ1v) is 16.7. The minimum absolute atomic E-state index is 0.121. The molecule has 0 radical (unpaired) electrons. The van der Waals surface area contributed by atoms with Crippen LogP contribution in [0.5, 0.6) is 11.5 Å². The first kappa shape index (κ1) is 38.5. The molecule has 262 valence electrons. The van der Waals surface area contributed by atoms with Gasteiger partial charge in [-0.25, -0.2) is 14.0 Å². The molecule has 1 atom stereocenters. The number of hydrogen-bond donors (Lipinski definition) is 0. The molecule has 0 N–H and O–H groups in total. The van der Waals surface area contributed by atoms with E-state index in [-0.39, 0.29) is 18.6 Å². The van der Waals surface area contributed by atoms with E-state index < -0.39 is 47.8 Å². The van der Waals surface area contributed by atoms with Gasteiger partial charge in [-0.05, 0) is 79.3 Å². The van der Waals surface area contributed by atoms with Crippen molar-refractivity contribution in [3.8, 4) is 22.6 Å². The molecule has 0 heterocycles. The number of esters is 2. The molecule has 0 amide bonds. The Morgan fingerprint density at radius 1 is 0.688 bits per heavy atom. The fraction of sp³-hybridized carbons (Fsp3) is 0.474. The highest BCUT2D eigenvalue weighted by Crippen LogP contribution is 2.29. The van der Waals surface area contributed by atoms with Crippen LogP contribution in [0, 0.1) is 5.82 Å². The van der Waals surface area contributed by atoms with Crippen molar-refractivity contribution in [1.29, 1.82) is 0 Å². The fourth-order valence-corrected chi connectivity index (χ4v) is 5.08. The Balaban J connectivity index is 1.47. The van der Waals surface area contributed by atoms with Gasteiger partial charge in [-0.2, -0.15) is 13.2 Å². The summed E-state index contributed by atoms with van der Waals surface area (Å²) in [5.74, 6) is -2.97. The molecule has 6 nitrogen and oxygen atoms in total. The van der Waals surface area contributed by atoms with Gasteiger partial charge in [0.1, 0.15) is 5.75 Å². The van der Waals surface area contributed by atoms with Gasteiger partial charge in [0.05, 0.1) is 17.7 Å². The van der Waals surface area contributed by atoms with Crippen LogP contribution in [0.4, 0.5) is 17.6 Å². The number of rotatable bonds is 21. The van der Waals surface area contributed by atoms with Crippen molar-refractivity contribution >= 4 is 11.9 Å². The van der Waals surface area contributed by atoms with Crippen LogP contribution in [0.3, 0.4) is 0 Å². The predicted molar refractivity (Wildman–Crippen MR) is 177 cm³/mol. The largest absolute Gasteiger partial charge is 0.494 e. The minimum Gasteiger partial charge on any atom is -0.494 e. The van der Waals surface area contributed by atoms with E-state index in [2.05, 4.69) is 11.7 Å². The highest BCUT2D eigenvalue weighted by Gasteiger charge is 2.42. The molecule has 0 aliphatic carbocycles. The van der Waals surface area contributed by atoms with Crippen molar-refractivity contribution in [3.63, 3.8) is 0 Å². The summed E-state index contributed by atoms with van der Waals surface area (Å²) in [4.78, 5) is 25.0. The van der Waals surface area contributed by atoms with Crippen LogP contribution in [0.25, 0.3) is 11.1 Å². The Kier molecular flexibility index (Phi) is 16.4. The van der Waals surface area contributed by atoms with Gasteiger partial charge in [-0.3, -0.25) is 0 Å². The number of ether oxygens (including phenoxy) is 4. The maximum atomic E-state index is 14.7. The van der Waals surface area contributed by atoms with Crippen molar-refractivity contribution in [2.75, 3.05) is 20.3 Å². The Morgan fingerprint density at radius 3 is 1.83 bits per heavy atom. The molecule has 0 fully saturated rings. The van der Waals surface area contributed by atoms with E-state index in [1.807, 2.05) is 24.3 Å². The molecule has 0 aromatic heterocycles. The summed E-state index contributed by atoms with van der Waals surface area (Å²) in [6, 6.07) is 16.9. The molecule has 0 aliphatic heterocycles. The Hall–Kier alpha value is -3.92. The van der Waals surface area contributed by atoms with Gasteiger partial charge in [0.15, 0.2) is 17.7 Å². The Bertz CT molecular complexity index is 1390. The maximum absolute atomic E-state index is 14.7. The second-order valence-electron chi connectivity index (χ2n) is 11.7. The van der Waals surface area contributed by atoms with E-state index >= 15 is 0 Å². The van der Waals surface area contributed by atoms with E-state index in [9.17, 15) is 27.2 Å². The SMILES string of the molecule is CCCCCCCCCCCOc1ccc(-c2ccc(C(=O)Oc3ccc(C(=O)O[C@H](CCCCOC)C(F)(F)F)cc3F)cc2)cc1. The van der Waals surface area contributed by atoms with Crippen LogP contribution >= 0.6 is 0 Å². The van der Waals surface area contributed by atoms with Crippen molar-refractivity contribution < 1.29 is 46.1 Å². The minimum atomic E-state index is -4.78. The molecule has 3 rings (SSSR count). The summed E-state index contributed by atoms with van der Waals surface area (Å²) in [7, 11) is 1.43. The quantitative estimate of drug-likeness (QED) is 0.0485. The lowest BCUT2D eigenvalue weighted by Crippen LogP contribution is -2.34. The number of carbonyl (C=O) groups excluding carboxylic acids is 2. The molecule has 0 aliphatic rings. The molecule has 0 unspecified atom stereocenters. The second-order valence-corrected chi connectivity index (χ2v) is 11.7. The molecular weight excluding hydrogens is 628 g/mol. The van der Waals surface area contributed by atoms with Gasteiger partial charge in [-0.15, -0.1) is 0 Å². The summed E-state index contributed by atoms with van der Waals surface area (Å²) >= 11 is 0. The number of unbranched alkanes of at least 4 members (excludes halogenated alkanes) is 9. The lowest BCUT2D eigenvalue weighted by molar-refractivity contribution is -0.206. The van der Waals surface area contributed by atoms with Crippen molar-refractivity contribution in [3.05, 3.63) is 83.7 Å². The zero-order valence-electron chi connectivity index (χ0n) is 27.8. The molecule has 10 heteroatoms. The molecule has 0 saturated carbocycles. The van der Waals surface area contributed by atoms with Crippen molar-refractivity contribution in [2.24, 2.45) is 0 Å². The summed E-state index contributed by atoms with van der Waals surface area (Å²) in [6.45, 7) is 3.18. The van der Waals surface area contributed by atoms with Crippen LogP contribution in [0.2, 0.25) is 0 Å². The molecule has 3 aromatic carbocycles. The van der Waals surface area contributed by atoms with E-state index in [1.54, 1.807) is 24.3 Å². The lowest BCUT2D eigenvalue weighted by atomic mass is 10.0. The standard InChI is InChI=1S/C38H46F4O6/c1-3-4-5-6-7-8-9-10-12-26-46-32-22-19-29(20-23-32)28-15-17-30(18-16-28)36(43)47-34-24-21-31(27-33(34)39)37(44)48-35(38(40,41)42)14-11-13-25-45-2/h15-24,27,35H,3-14,25-26H2,1-2H3/t35-/m1/s1. The van der Waals surface area contributed by atoms with E-state index in [4.69, 9.17) is 14.2 Å². The van der Waals surface area contributed by atoms with E-state index in [0.717, 1.165) is 41.9 Å². The normalized spacial score (nSPS) is 12.0. The third-order valence-corrected chi connectivity index (χ3v) is 7.87. The smallest absolute Gasteiger partial charge is 0.425 e. The summed E-state index contributed by atoms with van der Waals surface area (Å²) in [6.07, 6.45) is 4.19. The summed E-state index contributed by atoms with van der Waals surface area (Å²) in [5, 5.41) is 0. The molecular formula is C38H46F4O6. The lowest BCUT2D eigenvalue weighted by Gasteiger charge is -2.20. The summed E-state index contributed by atoms with van der Waals surface area (Å²) in [5.41, 5.74) is 1.48. The molecule has 3 aromatic rings. The molecule has 0 saturated heterocycles. The molecule has 0 spiro atoms. The second kappa shape index (κ2) is 20.4. The fourth-order valence-electron chi connectivity index (χ4n) is 5.08. The highest BCUT2D eigenvalue weighted by atomic mass is 19.4. The van der Waals surface area contributed by atoms with E-state index in [1.165, 1.54) is 52.1 Å². The van der Waals surface area contributed by atoms with Gasteiger partial charge in [0, 0.05) is 13.7 Å². The summed E-state index contributed by atoms with van der Waals surface area (Å²) < 4.78 is 75.3. The number of halogens is 4. The Morgan fingerprint density at radius 2 is 1.25 bits per heavy atom. The van der Waals surface area contributed by atoms with Crippen LogP contribution in [0.1, 0.15) is 105 Å². The van der Waals surface area contributed by atoms with Gasteiger partial charge in [-0.1, -0.05) is 82.6 Å². The van der Waals surface area contributed by atoms with Crippen LogP contribution < -0.4 is 9.47 Å². The van der Waals surface area contributed by atoms with Crippen LogP contribution in [-0.2, 0) is 9.47 Å². The number of benzene rings is 3. The van der Waals surface area contributed by atoms with Crippen LogP contribution in [0.15, 0.2) is 66.7 Å². The third kappa shape index (κ3) is 13.3. The predicted octanol–water partition coefficient (Wildman–Crippen LogP) is 10.5. The van der Waals surface area contributed by atoms with Crippen molar-refractivity contribution in [2.45, 2.75) is 96.3 Å². The topological polar surface area (TPSA) is 71.1 Å². The monoisotopic (exact) mass is 674 g/mol. The van der Waals surface area contributed by atoms with Crippen molar-refractivity contribution in [1.82, 2.24) is 0 Å². The van der Waals surface area contributed by atoms with Gasteiger partial charge < -0.3 is 18.9 Å². The first-order valence-electron chi connectivity index (χ1n) is 16.7. The number of hydrogen-bond acceptors (Lipinski definition) is 6.